The molecule has 1 N–H and O–H groups in total. The van der Waals surface area contributed by atoms with Gasteiger partial charge >= 0.3 is 0 Å². The van der Waals surface area contributed by atoms with Gasteiger partial charge in [-0.25, -0.2) is 4.39 Å². The van der Waals surface area contributed by atoms with Gasteiger partial charge in [-0.05, 0) is 38.1 Å². The van der Waals surface area contributed by atoms with E-state index in [2.05, 4.69) is 40.0 Å². The number of hydrogen-bond donors (Lipinski definition) is 1. The lowest BCUT2D eigenvalue weighted by molar-refractivity contribution is -0.117. The first-order chi connectivity index (χ1) is 10.9. The Morgan fingerprint density at radius 3 is 2.83 bits per heavy atom. The molecule has 0 bridgehead atoms. The van der Waals surface area contributed by atoms with Crippen LogP contribution in [0.15, 0.2) is 28.7 Å². The molecule has 0 aromatic heterocycles. The minimum absolute atomic E-state index is 0.145. The van der Waals surface area contributed by atoms with Crippen LogP contribution in [0.2, 0.25) is 0 Å². The molecule has 1 saturated heterocycles. The lowest BCUT2D eigenvalue weighted by Crippen LogP contribution is -2.55. The molecule has 1 aromatic rings. The maximum atomic E-state index is 13.6. The van der Waals surface area contributed by atoms with E-state index in [0.29, 0.717) is 12.1 Å². The lowest BCUT2D eigenvalue weighted by Gasteiger charge is -2.40. The Labute approximate surface area is 144 Å². The first-order valence-corrected chi connectivity index (χ1v) is 8.41. The highest BCUT2D eigenvalue weighted by Gasteiger charge is 2.28. The van der Waals surface area contributed by atoms with Gasteiger partial charge in [0.15, 0.2) is 0 Å². The Morgan fingerprint density at radius 2 is 2.13 bits per heavy atom. The highest BCUT2D eigenvalue weighted by molar-refractivity contribution is 9.10. The molecule has 1 aliphatic rings. The zero-order valence-electron chi connectivity index (χ0n) is 13.4. The highest BCUT2D eigenvalue weighted by atomic mass is 79.9. The van der Waals surface area contributed by atoms with E-state index in [4.69, 9.17) is 4.74 Å². The third-order valence-corrected chi connectivity index (χ3v) is 4.43. The molecule has 1 aliphatic heterocycles. The molecule has 126 valence electrons. The van der Waals surface area contributed by atoms with Crippen LogP contribution in [0.1, 0.15) is 19.4 Å². The van der Waals surface area contributed by atoms with Crippen LogP contribution in [-0.4, -0.2) is 49.2 Å². The summed E-state index contributed by atoms with van der Waals surface area (Å²) in [6, 6.07) is 4.62. The van der Waals surface area contributed by atoms with Gasteiger partial charge in [0.25, 0.3) is 0 Å². The van der Waals surface area contributed by atoms with Crippen molar-refractivity contribution in [1.29, 1.82) is 0 Å². The molecule has 1 aromatic carbocycles. The Balaban J connectivity index is 1.89. The standard InChI is InChI=1S/C17H22BrFN2O2/c1-17(2,21-7-9-23-10-8-21)12-20-16(22)6-3-13-11-14(18)4-5-15(13)19/h3-6,11H,7-10,12H2,1-2H3,(H,20,22)/b6-3+. The van der Waals surface area contributed by atoms with E-state index in [-0.39, 0.29) is 17.3 Å². The molecule has 0 aliphatic carbocycles. The third-order valence-electron chi connectivity index (χ3n) is 3.93. The largest absolute Gasteiger partial charge is 0.379 e. The van der Waals surface area contributed by atoms with E-state index in [1.165, 1.54) is 18.2 Å². The molecule has 0 saturated carbocycles. The predicted octanol–water partition coefficient (Wildman–Crippen LogP) is 2.83. The van der Waals surface area contributed by atoms with Crippen molar-refractivity contribution in [2.24, 2.45) is 0 Å². The van der Waals surface area contributed by atoms with E-state index in [9.17, 15) is 9.18 Å². The van der Waals surface area contributed by atoms with Crippen molar-refractivity contribution in [3.8, 4) is 0 Å². The number of carbonyl (C=O) groups is 1. The van der Waals surface area contributed by atoms with E-state index in [1.54, 1.807) is 12.1 Å². The third kappa shape index (κ3) is 5.41. The SMILES string of the molecule is CC(C)(CNC(=O)/C=C/c1cc(Br)ccc1F)N1CCOCC1. The first-order valence-electron chi connectivity index (χ1n) is 7.62. The Kier molecular flexibility index (Phi) is 6.33. The number of halogens is 2. The molecule has 2 rings (SSSR count). The molecular weight excluding hydrogens is 363 g/mol. The molecule has 0 atom stereocenters. The van der Waals surface area contributed by atoms with Crippen LogP contribution in [0.4, 0.5) is 4.39 Å². The quantitative estimate of drug-likeness (QED) is 0.793. The van der Waals surface area contributed by atoms with Crippen molar-refractivity contribution in [3.63, 3.8) is 0 Å². The number of morpholine rings is 1. The molecule has 0 radical (unpaired) electrons. The normalized spacial score (nSPS) is 16.7. The fraction of sp³-hybridized carbons (Fsp3) is 0.471. The zero-order chi connectivity index (χ0) is 16.9. The number of nitrogens with one attached hydrogen (secondary N) is 1. The lowest BCUT2D eigenvalue weighted by atomic mass is 10.0. The summed E-state index contributed by atoms with van der Waals surface area (Å²) in [4.78, 5) is 14.3. The van der Waals surface area contributed by atoms with Crippen molar-refractivity contribution in [2.75, 3.05) is 32.8 Å². The second-order valence-electron chi connectivity index (χ2n) is 6.13. The first kappa shape index (κ1) is 18.1. The molecule has 0 spiro atoms. The smallest absolute Gasteiger partial charge is 0.244 e. The number of carbonyl (C=O) groups excluding carboxylic acids is 1. The van der Waals surface area contributed by atoms with Crippen LogP contribution in [-0.2, 0) is 9.53 Å². The van der Waals surface area contributed by atoms with Crippen molar-refractivity contribution in [1.82, 2.24) is 10.2 Å². The van der Waals surface area contributed by atoms with E-state index < -0.39 is 0 Å². The summed E-state index contributed by atoms with van der Waals surface area (Å²) >= 11 is 3.29. The fourth-order valence-corrected chi connectivity index (χ4v) is 2.83. The van der Waals surface area contributed by atoms with Crippen LogP contribution in [0, 0.1) is 5.82 Å². The fourth-order valence-electron chi connectivity index (χ4n) is 2.45. The van der Waals surface area contributed by atoms with Crippen molar-refractivity contribution in [3.05, 3.63) is 40.1 Å². The minimum Gasteiger partial charge on any atom is -0.379 e. The number of ether oxygens (including phenoxy) is 1. The summed E-state index contributed by atoms with van der Waals surface area (Å²) in [6.07, 6.45) is 2.84. The molecule has 0 unspecified atom stereocenters. The van der Waals surface area contributed by atoms with Gasteiger partial charge in [-0.3, -0.25) is 9.69 Å². The number of nitrogens with zero attached hydrogens (tertiary/aromatic N) is 1. The van der Waals surface area contributed by atoms with Gasteiger partial charge in [-0.2, -0.15) is 0 Å². The zero-order valence-corrected chi connectivity index (χ0v) is 15.0. The van der Waals surface area contributed by atoms with Crippen LogP contribution in [0.3, 0.4) is 0 Å². The Bertz CT molecular complexity index is 584. The van der Waals surface area contributed by atoms with Gasteiger partial charge < -0.3 is 10.1 Å². The molecule has 1 heterocycles. The molecule has 1 amide bonds. The van der Waals surface area contributed by atoms with Crippen LogP contribution < -0.4 is 5.32 Å². The highest BCUT2D eigenvalue weighted by Crippen LogP contribution is 2.17. The van der Waals surface area contributed by atoms with E-state index in [1.807, 2.05) is 0 Å². The van der Waals surface area contributed by atoms with E-state index in [0.717, 1.165) is 30.8 Å². The molecule has 6 heteroatoms. The maximum absolute atomic E-state index is 13.6. The van der Waals surface area contributed by atoms with Gasteiger partial charge in [0.05, 0.1) is 13.2 Å². The molecular formula is C17H22BrFN2O2. The van der Waals surface area contributed by atoms with Gasteiger partial charge in [0.1, 0.15) is 5.82 Å². The summed E-state index contributed by atoms with van der Waals surface area (Å²) in [5.74, 6) is -0.586. The average Bonchev–Trinajstić information content (AvgIpc) is 2.54. The van der Waals surface area contributed by atoms with Crippen LogP contribution in [0.25, 0.3) is 6.08 Å². The second kappa shape index (κ2) is 8.04. The molecule has 4 nitrogen and oxygen atoms in total. The van der Waals surface area contributed by atoms with Gasteiger partial charge in [-0.1, -0.05) is 15.9 Å². The second-order valence-corrected chi connectivity index (χ2v) is 7.04. The van der Waals surface area contributed by atoms with Crippen LogP contribution >= 0.6 is 15.9 Å². The van der Waals surface area contributed by atoms with E-state index >= 15 is 0 Å². The van der Waals surface area contributed by atoms with Crippen molar-refractivity contribution in [2.45, 2.75) is 19.4 Å². The van der Waals surface area contributed by atoms with Gasteiger partial charge in [0.2, 0.25) is 5.91 Å². The molecule has 1 fully saturated rings. The average molecular weight is 385 g/mol. The number of benzene rings is 1. The summed E-state index contributed by atoms with van der Waals surface area (Å²) < 4.78 is 19.7. The Hall–Kier alpha value is -1.24. The van der Waals surface area contributed by atoms with Gasteiger partial charge in [0, 0.05) is 41.3 Å². The molecule has 23 heavy (non-hydrogen) atoms. The Morgan fingerprint density at radius 1 is 1.43 bits per heavy atom. The van der Waals surface area contributed by atoms with Crippen LogP contribution in [0.5, 0.6) is 0 Å². The monoisotopic (exact) mass is 384 g/mol. The van der Waals surface area contributed by atoms with Gasteiger partial charge in [-0.15, -0.1) is 0 Å². The number of amides is 1. The summed E-state index contributed by atoms with van der Waals surface area (Å²) in [6.45, 7) is 7.88. The predicted molar refractivity (Wildman–Crippen MR) is 92.6 cm³/mol. The number of rotatable bonds is 5. The summed E-state index contributed by atoms with van der Waals surface area (Å²) in [7, 11) is 0. The maximum Gasteiger partial charge on any atom is 0.244 e. The summed E-state index contributed by atoms with van der Waals surface area (Å²) in [5, 5.41) is 2.88. The number of hydrogen-bond acceptors (Lipinski definition) is 3. The topological polar surface area (TPSA) is 41.6 Å². The van der Waals surface area contributed by atoms with Crippen molar-refractivity contribution >= 4 is 27.9 Å². The minimum atomic E-state index is -0.356. The van der Waals surface area contributed by atoms with Crippen molar-refractivity contribution < 1.29 is 13.9 Å². The summed E-state index contributed by atoms with van der Waals surface area (Å²) in [5.41, 5.74) is 0.232.